The van der Waals surface area contributed by atoms with Crippen LogP contribution in [0.15, 0.2) is 35.5 Å². The number of rotatable bonds is 2. The Hall–Kier alpha value is -1.72. The van der Waals surface area contributed by atoms with E-state index in [1.807, 2.05) is 13.0 Å². The zero-order chi connectivity index (χ0) is 21.5. The number of carbonyl (C=O) groups excluding carboxylic acids is 2. The fraction of sp³-hybridized carbons (Fsp3) is 0.667. The summed E-state index contributed by atoms with van der Waals surface area (Å²) in [6.45, 7) is 10.4. The molecule has 1 spiro atoms. The van der Waals surface area contributed by atoms with Gasteiger partial charge in [-0.05, 0) is 51.0 Å². The molecule has 0 aromatic rings. The third-order valence-corrected chi connectivity index (χ3v) is 7.15. The summed E-state index contributed by atoms with van der Waals surface area (Å²) in [4.78, 5) is 27.1. The van der Waals surface area contributed by atoms with E-state index in [9.17, 15) is 19.8 Å². The van der Waals surface area contributed by atoms with Crippen LogP contribution < -0.4 is 5.32 Å². The predicted octanol–water partition coefficient (Wildman–Crippen LogP) is 2.93. The van der Waals surface area contributed by atoms with Gasteiger partial charge in [-0.3, -0.25) is 9.59 Å². The number of hydrogen-bond acceptors (Lipinski definition) is 4. The zero-order valence-electron chi connectivity index (χ0n) is 18.2. The number of aliphatic hydroxyl groups excluding tert-OH is 2. The Bertz CT molecular complexity index is 765. The van der Waals surface area contributed by atoms with Gasteiger partial charge in [0.25, 0.3) is 0 Å². The summed E-state index contributed by atoms with van der Waals surface area (Å²) in [6.07, 6.45) is 6.60. The van der Waals surface area contributed by atoms with Crippen LogP contribution in [0.25, 0.3) is 0 Å². The average molecular weight is 402 g/mol. The Morgan fingerprint density at radius 1 is 1.21 bits per heavy atom. The van der Waals surface area contributed by atoms with Crippen LogP contribution in [-0.4, -0.2) is 40.2 Å². The van der Waals surface area contributed by atoms with Crippen molar-refractivity contribution in [1.82, 2.24) is 5.32 Å². The summed E-state index contributed by atoms with van der Waals surface area (Å²) in [5.74, 6) is -0.455. The number of allylic oxidation sites excluding steroid dienone is 5. The molecule has 0 bridgehead atoms. The maximum absolute atomic E-state index is 13.6. The smallest absolute Gasteiger partial charge is 0.235 e. The number of aliphatic hydroxyl groups is 2. The second kappa shape index (κ2) is 8.19. The molecule has 2 aliphatic carbocycles. The van der Waals surface area contributed by atoms with Gasteiger partial charge in [-0.25, -0.2) is 0 Å². The van der Waals surface area contributed by atoms with Gasteiger partial charge in [0.15, 0.2) is 5.78 Å². The molecule has 3 rings (SSSR count). The fourth-order valence-electron chi connectivity index (χ4n) is 5.53. The summed E-state index contributed by atoms with van der Waals surface area (Å²) in [5.41, 5.74) is 1.02. The lowest BCUT2D eigenvalue weighted by Gasteiger charge is -2.44. The third-order valence-electron chi connectivity index (χ3n) is 7.15. The number of ketones is 1. The highest BCUT2D eigenvalue weighted by Crippen LogP contribution is 2.55. The quantitative estimate of drug-likeness (QED) is 0.490. The van der Waals surface area contributed by atoms with Crippen LogP contribution in [0.5, 0.6) is 0 Å². The van der Waals surface area contributed by atoms with Gasteiger partial charge in [0.05, 0.1) is 12.2 Å². The van der Waals surface area contributed by atoms with Crippen molar-refractivity contribution in [2.75, 3.05) is 0 Å². The molecule has 29 heavy (non-hydrogen) atoms. The maximum atomic E-state index is 13.6. The van der Waals surface area contributed by atoms with Gasteiger partial charge in [0, 0.05) is 17.9 Å². The monoisotopic (exact) mass is 401 g/mol. The zero-order valence-corrected chi connectivity index (χ0v) is 18.2. The Labute approximate surface area is 174 Å². The third kappa shape index (κ3) is 3.75. The van der Waals surface area contributed by atoms with E-state index in [0.717, 1.165) is 12.0 Å². The van der Waals surface area contributed by atoms with E-state index < -0.39 is 17.6 Å². The van der Waals surface area contributed by atoms with Crippen molar-refractivity contribution in [1.29, 1.82) is 0 Å². The number of nitrogens with one attached hydrogen (secondary N) is 1. The maximum Gasteiger partial charge on any atom is 0.235 e. The minimum absolute atomic E-state index is 0.0599. The molecule has 0 saturated carbocycles. The molecule has 0 unspecified atom stereocenters. The van der Waals surface area contributed by atoms with Crippen molar-refractivity contribution in [3.63, 3.8) is 0 Å². The lowest BCUT2D eigenvalue weighted by Crippen LogP contribution is -2.51. The molecule has 5 heteroatoms. The van der Waals surface area contributed by atoms with Crippen molar-refractivity contribution in [2.24, 2.45) is 29.1 Å². The predicted molar refractivity (Wildman–Crippen MR) is 113 cm³/mol. The van der Waals surface area contributed by atoms with Crippen LogP contribution in [0.3, 0.4) is 0 Å². The molecule has 0 aromatic carbocycles. The van der Waals surface area contributed by atoms with Crippen molar-refractivity contribution < 1.29 is 19.8 Å². The molecule has 1 amide bonds. The van der Waals surface area contributed by atoms with Crippen molar-refractivity contribution in [3.05, 3.63) is 35.5 Å². The van der Waals surface area contributed by atoms with Gasteiger partial charge in [-0.1, -0.05) is 50.1 Å². The van der Waals surface area contributed by atoms with E-state index in [0.29, 0.717) is 18.8 Å². The molecule has 7 atom stereocenters. The second-order valence-corrected chi connectivity index (χ2v) is 9.66. The molecular weight excluding hydrogens is 366 g/mol. The van der Waals surface area contributed by atoms with E-state index in [2.05, 4.69) is 39.1 Å². The average Bonchev–Trinajstić information content (AvgIpc) is 2.93. The lowest BCUT2D eigenvalue weighted by atomic mass is 9.55. The van der Waals surface area contributed by atoms with Crippen LogP contribution >= 0.6 is 0 Å². The van der Waals surface area contributed by atoms with E-state index in [-0.39, 0.29) is 35.5 Å². The fourth-order valence-corrected chi connectivity index (χ4v) is 5.53. The number of amides is 1. The molecule has 1 aliphatic heterocycles. The van der Waals surface area contributed by atoms with Crippen molar-refractivity contribution in [3.8, 4) is 0 Å². The molecule has 3 N–H and O–H groups in total. The van der Waals surface area contributed by atoms with Crippen molar-refractivity contribution in [2.45, 2.75) is 72.1 Å². The molecule has 0 radical (unpaired) electrons. The first kappa shape index (κ1) is 22.0. The van der Waals surface area contributed by atoms with Crippen LogP contribution in [0, 0.1) is 29.1 Å². The highest BCUT2D eigenvalue weighted by molar-refractivity contribution is 6.13. The van der Waals surface area contributed by atoms with E-state index in [1.54, 1.807) is 0 Å². The van der Waals surface area contributed by atoms with Crippen LogP contribution in [0.1, 0.15) is 53.9 Å². The minimum Gasteiger partial charge on any atom is -0.390 e. The molecule has 0 aromatic heterocycles. The first-order valence-electron chi connectivity index (χ1n) is 10.8. The molecule has 1 saturated heterocycles. The summed E-state index contributed by atoms with van der Waals surface area (Å²) in [6, 6.07) is -0.0599. The number of hydrogen-bond donors (Lipinski definition) is 3. The van der Waals surface area contributed by atoms with Gasteiger partial charge in [-0.15, -0.1) is 0 Å². The van der Waals surface area contributed by atoms with Crippen LogP contribution in [-0.2, 0) is 9.59 Å². The van der Waals surface area contributed by atoms with E-state index in [4.69, 9.17) is 0 Å². The summed E-state index contributed by atoms with van der Waals surface area (Å²) < 4.78 is 0. The van der Waals surface area contributed by atoms with Crippen LogP contribution in [0.4, 0.5) is 0 Å². The molecule has 1 fully saturated rings. The highest BCUT2D eigenvalue weighted by Gasteiger charge is 2.64. The molecule has 1 heterocycles. The summed E-state index contributed by atoms with van der Waals surface area (Å²) in [5, 5.41) is 23.6. The SMILES string of the molecule is CC1=C[C@@H]2/C=C(\C)CC[C@H](O)[C@H](O)/C=C/C(=O)[C@]23C(=O)N[C@H](CC(C)C)[C@@H]3[C@H]1C. The Morgan fingerprint density at radius 2 is 1.90 bits per heavy atom. The van der Waals surface area contributed by atoms with Crippen LogP contribution in [0.2, 0.25) is 0 Å². The summed E-state index contributed by atoms with van der Waals surface area (Å²) >= 11 is 0. The van der Waals surface area contributed by atoms with Gasteiger partial charge in [0.1, 0.15) is 5.41 Å². The Morgan fingerprint density at radius 3 is 2.55 bits per heavy atom. The van der Waals surface area contributed by atoms with Gasteiger partial charge in [0.2, 0.25) is 5.91 Å². The first-order valence-corrected chi connectivity index (χ1v) is 10.8. The number of carbonyl (C=O) groups is 2. The standard InChI is InChI=1S/C24H35NO4/c1-13(2)10-18-22-16(5)15(4)12-17-11-14(3)6-7-19(26)20(27)8-9-21(28)24(17,22)23(29)25-18/h8-9,11-13,16-20,22,26-27H,6-7,10H2,1-5H3,(H,25,29)/b9-8+,14-11+/t16-,17-,18+,19-,20+,22-,24+/m0/s1. The Balaban J connectivity index is 2.20. The summed E-state index contributed by atoms with van der Waals surface area (Å²) in [7, 11) is 0. The first-order chi connectivity index (χ1) is 13.6. The molecule has 160 valence electrons. The topological polar surface area (TPSA) is 86.6 Å². The van der Waals surface area contributed by atoms with Gasteiger partial charge < -0.3 is 15.5 Å². The van der Waals surface area contributed by atoms with E-state index in [1.165, 1.54) is 17.7 Å². The highest BCUT2D eigenvalue weighted by atomic mass is 16.3. The lowest BCUT2D eigenvalue weighted by molar-refractivity contribution is -0.142. The largest absolute Gasteiger partial charge is 0.390 e. The molecule has 5 nitrogen and oxygen atoms in total. The van der Waals surface area contributed by atoms with Gasteiger partial charge >= 0.3 is 0 Å². The molecular formula is C24H35NO4. The Kier molecular flexibility index (Phi) is 6.21. The van der Waals surface area contributed by atoms with Crippen molar-refractivity contribution >= 4 is 11.7 Å². The second-order valence-electron chi connectivity index (χ2n) is 9.66. The van der Waals surface area contributed by atoms with E-state index >= 15 is 0 Å². The van der Waals surface area contributed by atoms with Gasteiger partial charge in [-0.2, -0.15) is 0 Å². The normalized spacial score (nSPS) is 43.4. The minimum atomic E-state index is -1.20. The molecule has 3 aliphatic rings.